The second-order valence-corrected chi connectivity index (χ2v) is 11.5. The Bertz CT molecular complexity index is 1530. The summed E-state index contributed by atoms with van der Waals surface area (Å²) in [6, 6.07) is 9.62. The third kappa shape index (κ3) is 6.95. The molecular formula is C28H30N9O2PS. The number of nitriles is 1. The number of nitrogens with zero attached hydrogens (tertiary/aromatic N) is 6. The van der Waals surface area contributed by atoms with Crippen LogP contribution in [-0.2, 0) is 4.79 Å². The van der Waals surface area contributed by atoms with E-state index in [0.717, 1.165) is 29.9 Å². The van der Waals surface area contributed by atoms with Crippen LogP contribution in [0.5, 0.6) is 0 Å². The largest absolute Gasteiger partial charge is 0.383 e. The third-order valence-corrected chi connectivity index (χ3v) is 8.42. The van der Waals surface area contributed by atoms with Gasteiger partial charge in [0.1, 0.15) is 28.9 Å². The fourth-order valence-electron chi connectivity index (χ4n) is 4.60. The van der Waals surface area contributed by atoms with E-state index >= 15 is 0 Å². The van der Waals surface area contributed by atoms with Gasteiger partial charge in [0.05, 0.1) is 11.8 Å². The van der Waals surface area contributed by atoms with Gasteiger partial charge >= 0.3 is 0 Å². The van der Waals surface area contributed by atoms with Crippen molar-refractivity contribution in [3.05, 3.63) is 70.5 Å². The fraction of sp³-hybridized carbons (Fsp3) is 0.321. The fourth-order valence-corrected chi connectivity index (χ4v) is 5.62. The maximum Gasteiger partial charge on any atom is 0.257 e. The molecule has 2 aromatic heterocycles. The summed E-state index contributed by atoms with van der Waals surface area (Å²) < 4.78 is 0. The van der Waals surface area contributed by atoms with Gasteiger partial charge in [-0.1, -0.05) is 29.5 Å². The van der Waals surface area contributed by atoms with Crippen molar-refractivity contribution >= 4 is 54.1 Å². The quantitative estimate of drug-likeness (QED) is 0.240. The van der Waals surface area contributed by atoms with Crippen LogP contribution in [0.25, 0.3) is 0 Å². The van der Waals surface area contributed by atoms with Crippen molar-refractivity contribution in [2.45, 2.75) is 31.3 Å². The van der Waals surface area contributed by atoms with E-state index in [2.05, 4.69) is 46.4 Å². The van der Waals surface area contributed by atoms with E-state index in [1.807, 2.05) is 17.0 Å². The number of rotatable bonds is 10. The van der Waals surface area contributed by atoms with E-state index in [9.17, 15) is 9.59 Å². The average molecular weight is 588 g/mol. The van der Waals surface area contributed by atoms with E-state index in [0.29, 0.717) is 57.2 Å². The Morgan fingerprint density at radius 3 is 2.68 bits per heavy atom. The van der Waals surface area contributed by atoms with E-state index in [1.54, 1.807) is 30.3 Å². The molecule has 2 amide bonds. The molecule has 2 fully saturated rings. The summed E-state index contributed by atoms with van der Waals surface area (Å²) in [5.74, 6) is 0.529. The molecule has 1 unspecified atom stereocenters. The van der Waals surface area contributed by atoms with Gasteiger partial charge < -0.3 is 16.0 Å². The minimum atomic E-state index is -0.332. The topological polar surface area (TPSA) is 153 Å². The van der Waals surface area contributed by atoms with Gasteiger partial charge in [0, 0.05) is 48.7 Å². The van der Waals surface area contributed by atoms with Crippen molar-refractivity contribution in [3.63, 3.8) is 0 Å². The minimum absolute atomic E-state index is 0.00693. The summed E-state index contributed by atoms with van der Waals surface area (Å²) >= 11 is 1.11. The molecule has 0 radical (unpaired) electrons. The van der Waals surface area contributed by atoms with Crippen molar-refractivity contribution in [1.82, 2.24) is 24.8 Å². The number of thiazole rings is 1. The molecule has 210 valence electrons. The number of carbonyl (C=O) groups is 2. The van der Waals surface area contributed by atoms with Crippen LogP contribution in [0.15, 0.2) is 48.9 Å². The lowest BCUT2D eigenvalue weighted by Crippen LogP contribution is -2.31. The standard InChI is InChI=1S/C28H30N9O2PS/c1-36(20-8-9-20)11-2-3-22(38)37-12-10-19(15-37)34-26-23(25(30)32-16-33-26)24(40)17-4-6-18(7-5-17)27(39)35-28-31-14-21(13-29)41-28/h2-7,14,16,19-20,40H,8-12,15H2,1H3,(H,31,35,39)(H3,30,32,33,34)/b3-2+. The average Bonchev–Trinajstić information content (AvgIpc) is 3.56. The number of benzene rings is 1. The summed E-state index contributed by atoms with van der Waals surface area (Å²) in [5, 5.41) is 16.1. The number of nitrogens with two attached hydrogens (primary N) is 1. The predicted molar refractivity (Wildman–Crippen MR) is 163 cm³/mol. The zero-order valence-electron chi connectivity index (χ0n) is 22.5. The van der Waals surface area contributed by atoms with Crippen molar-refractivity contribution in [2.24, 2.45) is 0 Å². The molecular weight excluding hydrogens is 557 g/mol. The lowest BCUT2D eigenvalue weighted by atomic mass is 10.0. The molecule has 41 heavy (non-hydrogen) atoms. The number of likely N-dealkylation sites (N-methyl/N-ethyl adjacent to an activating group) is 1. The summed E-state index contributed by atoms with van der Waals surface area (Å²) in [7, 11) is 5.81. The van der Waals surface area contributed by atoms with Crippen LogP contribution in [0.2, 0.25) is 0 Å². The van der Waals surface area contributed by atoms with Gasteiger partial charge in [0.2, 0.25) is 5.91 Å². The molecule has 3 aromatic rings. The summed E-state index contributed by atoms with van der Waals surface area (Å²) in [6.07, 6.45) is 9.69. The molecule has 1 atom stereocenters. The Morgan fingerprint density at radius 2 is 1.98 bits per heavy atom. The maximum atomic E-state index is 12.7. The van der Waals surface area contributed by atoms with Gasteiger partial charge in [-0.05, 0) is 44.0 Å². The van der Waals surface area contributed by atoms with Crippen LogP contribution in [-0.4, -0.2) is 80.6 Å². The normalized spacial score (nSPS) is 16.6. The molecule has 1 aliphatic heterocycles. The number of hydrogen-bond acceptors (Lipinski definition) is 10. The number of likely N-dealkylation sites (tertiary alicyclic amines) is 1. The molecule has 1 aliphatic carbocycles. The molecule has 2 aliphatic rings. The highest BCUT2D eigenvalue weighted by Crippen LogP contribution is 2.27. The van der Waals surface area contributed by atoms with Gasteiger partial charge in [0.15, 0.2) is 5.13 Å². The van der Waals surface area contributed by atoms with Crippen LogP contribution < -0.4 is 16.4 Å². The van der Waals surface area contributed by atoms with Crippen LogP contribution in [0.4, 0.5) is 16.8 Å². The van der Waals surface area contributed by atoms with Gasteiger partial charge in [-0.15, -0.1) is 8.86 Å². The van der Waals surface area contributed by atoms with E-state index in [4.69, 9.17) is 11.0 Å². The number of nitrogens with one attached hydrogen (secondary N) is 2. The molecule has 1 saturated carbocycles. The van der Waals surface area contributed by atoms with Gasteiger partial charge in [0.25, 0.3) is 5.91 Å². The Morgan fingerprint density at radius 1 is 1.22 bits per heavy atom. The first-order valence-electron chi connectivity index (χ1n) is 13.2. The highest BCUT2D eigenvalue weighted by atomic mass is 32.1. The first-order valence-corrected chi connectivity index (χ1v) is 14.5. The molecule has 11 nitrogen and oxygen atoms in total. The Hall–Kier alpha value is -4.17. The highest BCUT2D eigenvalue weighted by Gasteiger charge is 2.28. The second kappa shape index (κ2) is 12.6. The number of hydrogen-bond donors (Lipinski definition) is 3. The highest BCUT2D eigenvalue weighted by molar-refractivity contribution is 7.23. The predicted octanol–water partition coefficient (Wildman–Crippen LogP) is 3.01. The molecule has 0 bridgehead atoms. The van der Waals surface area contributed by atoms with Crippen LogP contribution in [0.3, 0.4) is 0 Å². The Balaban J connectivity index is 1.21. The molecule has 1 aromatic carbocycles. The van der Waals surface area contributed by atoms with E-state index < -0.39 is 0 Å². The number of amides is 2. The second-order valence-electron chi connectivity index (χ2n) is 10.0. The molecule has 3 heterocycles. The monoisotopic (exact) mass is 587 g/mol. The lowest BCUT2D eigenvalue weighted by Gasteiger charge is -2.19. The van der Waals surface area contributed by atoms with Crippen LogP contribution in [0, 0.1) is 11.3 Å². The first-order chi connectivity index (χ1) is 19.8. The number of carbonyl (C=O) groups excluding carboxylic acids is 2. The first kappa shape index (κ1) is 28.4. The number of aromatic nitrogens is 3. The maximum absolute atomic E-state index is 12.7. The number of anilines is 3. The minimum Gasteiger partial charge on any atom is -0.383 e. The summed E-state index contributed by atoms with van der Waals surface area (Å²) in [5.41, 5.74) is 8.08. The van der Waals surface area contributed by atoms with Gasteiger partial charge in [-0.25, -0.2) is 15.0 Å². The van der Waals surface area contributed by atoms with Crippen molar-refractivity contribution < 1.29 is 9.59 Å². The van der Waals surface area contributed by atoms with Crippen molar-refractivity contribution in [1.29, 1.82) is 5.26 Å². The summed E-state index contributed by atoms with van der Waals surface area (Å²) in [4.78, 5) is 42.5. The molecule has 4 N–H and O–H groups in total. The smallest absolute Gasteiger partial charge is 0.257 e. The molecule has 13 heteroatoms. The van der Waals surface area contributed by atoms with E-state index in [1.165, 1.54) is 25.4 Å². The van der Waals surface area contributed by atoms with Crippen molar-refractivity contribution in [2.75, 3.05) is 43.0 Å². The zero-order chi connectivity index (χ0) is 28.9. The lowest BCUT2D eigenvalue weighted by molar-refractivity contribution is -0.125. The molecule has 0 spiro atoms. The van der Waals surface area contributed by atoms with Crippen LogP contribution in [0.1, 0.15) is 45.6 Å². The SMILES string of the molecule is CN(C/C=C/C(=O)N1CCC(Nc2ncnc(N)c2C(=P)c2ccc(C(=O)Nc3ncc(C#N)s3)cc2)C1)C1CC1. The van der Waals surface area contributed by atoms with E-state index in [-0.39, 0.29) is 17.9 Å². The summed E-state index contributed by atoms with van der Waals surface area (Å²) in [6.45, 7) is 1.99. The van der Waals surface area contributed by atoms with Crippen molar-refractivity contribution in [3.8, 4) is 6.07 Å². The number of nitrogen functional groups attached to an aromatic ring is 1. The Kier molecular flexibility index (Phi) is 8.69. The molecule has 5 rings (SSSR count). The zero-order valence-corrected chi connectivity index (χ0v) is 24.3. The van der Waals surface area contributed by atoms with Gasteiger partial charge in [-0.2, -0.15) is 5.26 Å². The molecule has 1 saturated heterocycles. The Labute approximate surface area is 244 Å². The van der Waals surface area contributed by atoms with Gasteiger partial charge in [-0.3, -0.25) is 19.8 Å². The van der Waals surface area contributed by atoms with Crippen LogP contribution >= 0.6 is 20.2 Å². The third-order valence-electron chi connectivity index (χ3n) is 7.06.